The standard InChI is InChI=1S/C23H20ClN3O2S2/c1-3-27-21(28)20(31-23(27)26-22-25-15(2)14-30-22)12-17-6-4-5-7-19(17)29-13-16-8-10-18(24)11-9-16/h4-12,14H,3,13H2,1-2H3/b20-12-,26-23+. The van der Waals surface area contributed by atoms with Crippen LogP contribution >= 0.6 is 34.7 Å². The summed E-state index contributed by atoms with van der Waals surface area (Å²) in [6, 6.07) is 15.2. The highest BCUT2D eigenvalue weighted by Gasteiger charge is 2.32. The summed E-state index contributed by atoms with van der Waals surface area (Å²) in [5.41, 5.74) is 2.78. The number of thioether (sulfide) groups is 1. The van der Waals surface area contributed by atoms with Gasteiger partial charge in [-0.3, -0.25) is 9.69 Å². The largest absolute Gasteiger partial charge is 0.488 e. The van der Waals surface area contributed by atoms with Crippen LogP contribution in [0.25, 0.3) is 6.08 Å². The van der Waals surface area contributed by atoms with Gasteiger partial charge in [0.15, 0.2) is 5.17 Å². The molecular weight excluding hydrogens is 450 g/mol. The number of ether oxygens (including phenoxy) is 1. The number of aryl methyl sites for hydroxylation is 1. The number of rotatable bonds is 6. The first-order chi connectivity index (χ1) is 15.0. The maximum Gasteiger partial charge on any atom is 0.266 e. The van der Waals surface area contributed by atoms with Crippen molar-refractivity contribution in [2.24, 2.45) is 4.99 Å². The quantitative estimate of drug-likeness (QED) is 0.397. The highest BCUT2D eigenvalue weighted by molar-refractivity contribution is 8.18. The van der Waals surface area contributed by atoms with Crippen LogP contribution < -0.4 is 4.74 Å². The molecule has 31 heavy (non-hydrogen) atoms. The highest BCUT2D eigenvalue weighted by Crippen LogP contribution is 2.36. The van der Waals surface area contributed by atoms with Gasteiger partial charge in [0.2, 0.25) is 5.13 Å². The third kappa shape index (κ3) is 5.18. The highest BCUT2D eigenvalue weighted by atomic mass is 35.5. The fourth-order valence-corrected chi connectivity index (χ4v) is 4.84. The number of hydrogen-bond acceptors (Lipinski definition) is 6. The predicted octanol–water partition coefficient (Wildman–Crippen LogP) is 6.31. The van der Waals surface area contributed by atoms with Crippen molar-refractivity contribution in [3.63, 3.8) is 0 Å². The summed E-state index contributed by atoms with van der Waals surface area (Å²) in [6.07, 6.45) is 1.86. The monoisotopic (exact) mass is 469 g/mol. The van der Waals surface area contributed by atoms with Crippen molar-refractivity contribution in [3.8, 4) is 5.75 Å². The van der Waals surface area contributed by atoms with E-state index in [0.29, 0.717) is 39.1 Å². The second-order valence-corrected chi connectivity index (χ2v) is 9.06. The molecule has 0 N–H and O–H groups in total. The minimum Gasteiger partial charge on any atom is -0.488 e. The number of aromatic nitrogens is 1. The molecule has 1 fully saturated rings. The summed E-state index contributed by atoms with van der Waals surface area (Å²) in [6.45, 7) is 4.82. The fourth-order valence-electron chi connectivity index (χ4n) is 2.96. The number of para-hydroxylation sites is 1. The molecule has 5 nitrogen and oxygen atoms in total. The Hall–Kier alpha value is -2.61. The Morgan fingerprint density at radius 1 is 1.19 bits per heavy atom. The second-order valence-electron chi connectivity index (χ2n) is 6.78. The Bertz CT molecular complexity index is 1160. The number of nitrogens with zero attached hydrogens (tertiary/aromatic N) is 3. The number of benzene rings is 2. The van der Waals surface area contributed by atoms with Crippen molar-refractivity contribution >= 4 is 57.0 Å². The van der Waals surface area contributed by atoms with Gasteiger partial charge in [0.1, 0.15) is 12.4 Å². The summed E-state index contributed by atoms with van der Waals surface area (Å²) in [4.78, 5) is 24.2. The number of carbonyl (C=O) groups excluding carboxylic acids is 1. The van der Waals surface area contributed by atoms with Gasteiger partial charge in [0.25, 0.3) is 5.91 Å². The van der Waals surface area contributed by atoms with Crippen molar-refractivity contribution in [2.75, 3.05) is 6.54 Å². The number of amidine groups is 1. The lowest BCUT2D eigenvalue weighted by molar-refractivity contribution is -0.122. The van der Waals surface area contributed by atoms with Gasteiger partial charge in [0.05, 0.1) is 10.6 Å². The van der Waals surface area contributed by atoms with Gasteiger partial charge >= 0.3 is 0 Å². The van der Waals surface area contributed by atoms with E-state index < -0.39 is 0 Å². The smallest absolute Gasteiger partial charge is 0.266 e. The van der Waals surface area contributed by atoms with E-state index in [1.54, 1.807) is 4.90 Å². The molecule has 0 bridgehead atoms. The molecule has 2 aromatic carbocycles. The molecule has 0 spiro atoms. The Labute approximate surface area is 194 Å². The molecule has 2 heterocycles. The molecule has 1 amide bonds. The molecule has 1 aliphatic heterocycles. The maximum atomic E-state index is 13.0. The number of carbonyl (C=O) groups is 1. The van der Waals surface area contributed by atoms with Crippen molar-refractivity contribution < 1.29 is 9.53 Å². The van der Waals surface area contributed by atoms with Gasteiger partial charge in [-0.2, -0.15) is 4.99 Å². The van der Waals surface area contributed by atoms with E-state index in [4.69, 9.17) is 16.3 Å². The Morgan fingerprint density at radius 3 is 2.68 bits per heavy atom. The average Bonchev–Trinajstić information content (AvgIpc) is 3.31. The van der Waals surface area contributed by atoms with E-state index in [1.807, 2.05) is 73.8 Å². The number of halogens is 1. The molecule has 1 aromatic heterocycles. The van der Waals surface area contributed by atoms with Gasteiger partial charge in [-0.25, -0.2) is 4.98 Å². The normalized spacial score (nSPS) is 16.5. The lowest BCUT2D eigenvalue weighted by Crippen LogP contribution is -2.28. The predicted molar refractivity (Wildman–Crippen MR) is 129 cm³/mol. The number of thiazole rings is 1. The topological polar surface area (TPSA) is 54.8 Å². The molecule has 0 atom stereocenters. The van der Waals surface area contributed by atoms with Gasteiger partial charge in [0, 0.05) is 22.5 Å². The maximum absolute atomic E-state index is 13.0. The average molecular weight is 470 g/mol. The summed E-state index contributed by atoms with van der Waals surface area (Å²) < 4.78 is 6.03. The van der Waals surface area contributed by atoms with Crippen molar-refractivity contribution in [1.82, 2.24) is 9.88 Å². The molecule has 0 unspecified atom stereocenters. The van der Waals surface area contributed by atoms with Gasteiger partial charge in [-0.05, 0) is 55.4 Å². The number of aliphatic imine (C=N–C) groups is 1. The van der Waals surface area contributed by atoms with Crippen LogP contribution in [-0.2, 0) is 11.4 Å². The van der Waals surface area contributed by atoms with Crippen LogP contribution in [0.4, 0.5) is 5.13 Å². The zero-order valence-corrected chi connectivity index (χ0v) is 19.4. The van der Waals surface area contributed by atoms with E-state index in [2.05, 4.69) is 9.98 Å². The number of likely N-dealkylation sites (N-methyl/N-ethyl adjacent to an activating group) is 1. The van der Waals surface area contributed by atoms with E-state index in [0.717, 1.165) is 16.8 Å². The Balaban J connectivity index is 1.57. The molecule has 8 heteroatoms. The van der Waals surface area contributed by atoms with E-state index in [-0.39, 0.29) is 5.91 Å². The molecule has 158 valence electrons. The second kappa shape index (κ2) is 9.68. The summed E-state index contributed by atoms with van der Waals surface area (Å²) >= 11 is 8.78. The molecule has 1 saturated heterocycles. The Kier molecular flexibility index (Phi) is 6.75. The third-order valence-electron chi connectivity index (χ3n) is 4.52. The van der Waals surface area contributed by atoms with Crippen molar-refractivity contribution in [2.45, 2.75) is 20.5 Å². The van der Waals surface area contributed by atoms with Gasteiger partial charge < -0.3 is 4.74 Å². The van der Waals surface area contributed by atoms with Gasteiger partial charge in [-0.1, -0.05) is 41.9 Å². The number of amides is 1. The van der Waals surface area contributed by atoms with E-state index in [9.17, 15) is 4.79 Å². The SMILES string of the molecule is CCN1C(=O)/C(=C/c2ccccc2OCc2ccc(Cl)cc2)S/C1=N/c1nc(C)cs1. The summed E-state index contributed by atoms with van der Waals surface area (Å²) in [5.74, 6) is 0.648. The molecule has 0 saturated carbocycles. The molecule has 0 aliphatic carbocycles. The van der Waals surface area contributed by atoms with Crippen LogP contribution in [-0.4, -0.2) is 27.5 Å². The molecule has 3 aromatic rings. The van der Waals surface area contributed by atoms with Crippen LogP contribution in [0.2, 0.25) is 5.02 Å². The van der Waals surface area contributed by atoms with Crippen LogP contribution in [0.3, 0.4) is 0 Å². The summed E-state index contributed by atoms with van der Waals surface area (Å²) in [7, 11) is 0. The third-order valence-corrected chi connectivity index (χ3v) is 6.63. The van der Waals surface area contributed by atoms with E-state index in [1.165, 1.54) is 23.1 Å². The lowest BCUT2D eigenvalue weighted by atomic mass is 10.1. The minimum atomic E-state index is -0.0629. The first kappa shape index (κ1) is 21.6. The zero-order valence-electron chi connectivity index (χ0n) is 17.0. The Morgan fingerprint density at radius 2 is 1.97 bits per heavy atom. The molecule has 4 rings (SSSR count). The minimum absolute atomic E-state index is 0.0629. The van der Waals surface area contributed by atoms with Crippen molar-refractivity contribution in [1.29, 1.82) is 0 Å². The zero-order chi connectivity index (χ0) is 21.8. The van der Waals surface area contributed by atoms with E-state index >= 15 is 0 Å². The first-order valence-corrected chi connectivity index (χ1v) is 11.8. The van der Waals surface area contributed by atoms with Crippen LogP contribution in [0, 0.1) is 6.92 Å². The van der Waals surface area contributed by atoms with Crippen molar-refractivity contribution in [3.05, 3.63) is 80.7 Å². The molecule has 0 radical (unpaired) electrons. The molecule has 1 aliphatic rings. The van der Waals surface area contributed by atoms with Crippen LogP contribution in [0.15, 0.2) is 63.8 Å². The van der Waals surface area contributed by atoms with Crippen LogP contribution in [0.5, 0.6) is 5.75 Å². The summed E-state index contributed by atoms with van der Waals surface area (Å²) in [5, 5.41) is 3.94. The number of hydrogen-bond donors (Lipinski definition) is 0. The fraction of sp³-hybridized carbons (Fsp3) is 0.174. The lowest BCUT2D eigenvalue weighted by Gasteiger charge is -2.11. The van der Waals surface area contributed by atoms with Crippen LogP contribution in [0.1, 0.15) is 23.7 Å². The van der Waals surface area contributed by atoms with Gasteiger partial charge in [-0.15, -0.1) is 11.3 Å². The first-order valence-electron chi connectivity index (χ1n) is 9.72. The molecular formula is C23H20ClN3O2S2.